The third-order valence-corrected chi connectivity index (χ3v) is 6.18. The molecule has 1 saturated heterocycles. The molecule has 1 aliphatic carbocycles. The maximum absolute atomic E-state index is 12.0. The predicted molar refractivity (Wildman–Crippen MR) is 93.5 cm³/mol. The molecule has 0 unspecified atom stereocenters. The van der Waals surface area contributed by atoms with E-state index in [2.05, 4.69) is 0 Å². The van der Waals surface area contributed by atoms with Crippen LogP contribution in [0.5, 0.6) is 0 Å². The summed E-state index contributed by atoms with van der Waals surface area (Å²) in [4.78, 5) is 27.1. The van der Waals surface area contributed by atoms with E-state index in [1.165, 1.54) is 18.6 Å². The molecule has 2 aliphatic rings. The van der Waals surface area contributed by atoms with Crippen molar-refractivity contribution in [2.24, 2.45) is 0 Å². The molecule has 1 atom stereocenters. The Labute approximate surface area is 149 Å². The van der Waals surface area contributed by atoms with Gasteiger partial charge in [-0.1, -0.05) is 6.42 Å². The Balaban J connectivity index is 1.62. The highest BCUT2D eigenvalue weighted by Crippen LogP contribution is 2.50. The van der Waals surface area contributed by atoms with Gasteiger partial charge in [0.15, 0.2) is 0 Å². The molecule has 0 amide bonds. The molecule has 1 spiro atoms. The minimum absolute atomic E-state index is 0.0251. The van der Waals surface area contributed by atoms with E-state index in [4.69, 9.17) is 9.72 Å². The maximum atomic E-state index is 12.0. The summed E-state index contributed by atoms with van der Waals surface area (Å²) in [6, 6.07) is 6.39. The van der Waals surface area contributed by atoms with Crippen LogP contribution in [0.2, 0.25) is 0 Å². The lowest BCUT2D eigenvalue weighted by molar-refractivity contribution is -0.384. The van der Waals surface area contributed by atoms with Crippen LogP contribution in [0.15, 0.2) is 29.6 Å². The molecule has 0 N–H and O–H groups in total. The molecule has 1 aromatic heterocycles. The van der Waals surface area contributed by atoms with Gasteiger partial charge in [0.25, 0.3) is 5.69 Å². The van der Waals surface area contributed by atoms with Crippen molar-refractivity contribution in [3.05, 3.63) is 44.8 Å². The highest BCUT2D eigenvalue weighted by Gasteiger charge is 2.51. The number of thiazole rings is 1. The molecule has 2 fully saturated rings. The van der Waals surface area contributed by atoms with Crippen LogP contribution in [0.25, 0.3) is 11.3 Å². The molecular weight excluding hydrogens is 340 g/mol. The predicted octanol–water partition coefficient (Wildman–Crippen LogP) is 4.45. The first-order valence-corrected chi connectivity index (χ1v) is 9.37. The molecule has 2 aromatic rings. The number of carbonyl (C=O) groups is 1. The normalized spacial score (nSPS) is 22.1. The Morgan fingerprint density at radius 3 is 2.60 bits per heavy atom. The SMILES string of the molecule is O=C1C[C@H](c2nc(-c3ccc([N+](=O)[O-])cc3)cs2)C2(CCCCC2)O1. The average molecular weight is 358 g/mol. The molecule has 1 saturated carbocycles. The number of aromatic nitrogens is 1. The number of hydrogen-bond donors (Lipinski definition) is 0. The zero-order valence-corrected chi connectivity index (χ0v) is 14.5. The van der Waals surface area contributed by atoms with Crippen LogP contribution in [-0.2, 0) is 9.53 Å². The molecule has 130 valence electrons. The number of nitro benzene ring substituents is 1. The summed E-state index contributed by atoms with van der Waals surface area (Å²) in [7, 11) is 0. The molecule has 7 heteroatoms. The van der Waals surface area contributed by atoms with Crippen molar-refractivity contribution < 1.29 is 14.5 Å². The topological polar surface area (TPSA) is 82.3 Å². The summed E-state index contributed by atoms with van der Waals surface area (Å²) in [5.74, 6) is -0.101. The molecule has 1 aliphatic heterocycles. The Kier molecular flexibility index (Phi) is 4.03. The van der Waals surface area contributed by atoms with Gasteiger partial charge in [0.2, 0.25) is 0 Å². The van der Waals surface area contributed by atoms with Gasteiger partial charge in [0, 0.05) is 23.1 Å². The second-order valence-electron chi connectivity index (χ2n) is 6.73. The number of esters is 1. The molecule has 2 heterocycles. The van der Waals surface area contributed by atoms with Crippen LogP contribution in [0.4, 0.5) is 5.69 Å². The molecule has 6 nitrogen and oxygen atoms in total. The minimum atomic E-state index is -0.412. The van der Waals surface area contributed by atoms with Crippen LogP contribution in [0.3, 0.4) is 0 Å². The van der Waals surface area contributed by atoms with Crippen LogP contribution < -0.4 is 0 Å². The van der Waals surface area contributed by atoms with Gasteiger partial charge in [-0.2, -0.15) is 0 Å². The van der Waals surface area contributed by atoms with E-state index >= 15 is 0 Å². The van der Waals surface area contributed by atoms with Gasteiger partial charge in [0.1, 0.15) is 10.6 Å². The van der Waals surface area contributed by atoms with Gasteiger partial charge in [-0.25, -0.2) is 4.98 Å². The van der Waals surface area contributed by atoms with Crippen molar-refractivity contribution in [3.63, 3.8) is 0 Å². The zero-order valence-electron chi connectivity index (χ0n) is 13.6. The molecule has 0 bridgehead atoms. The van der Waals surface area contributed by atoms with Gasteiger partial charge >= 0.3 is 5.97 Å². The standard InChI is InChI=1S/C18H18N2O4S/c21-16-10-14(18(24-16)8-2-1-3-9-18)17-19-15(11-25-17)12-4-6-13(7-5-12)20(22)23/h4-7,11,14H,1-3,8-10H2/t14-/m1/s1. The van der Waals surface area contributed by atoms with Crippen molar-refractivity contribution in [2.75, 3.05) is 0 Å². The van der Waals surface area contributed by atoms with Crippen molar-refractivity contribution in [3.8, 4) is 11.3 Å². The second kappa shape index (κ2) is 6.22. The molecule has 1 aromatic carbocycles. The first-order chi connectivity index (χ1) is 12.1. The lowest BCUT2D eigenvalue weighted by Gasteiger charge is -2.35. The van der Waals surface area contributed by atoms with Gasteiger partial charge in [-0.3, -0.25) is 14.9 Å². The number of nitrogens with zero attached hydrogens (tertiary/aromatic N) is 2. The minimum Gasteiger partial charge on any atom is -0.458 e. The molecule has 0 radical (unpaired) electrons. The molecule has 25 heavy (non-hydrogen) atoms. The Bertz CT molecular complexity index is 809. The highest BCUT2D eigenvalue weighted by atomic mass is 32.1. The number of nitro groups is 1. The number of hydrogen-bond acceptors (Lipinski definition) is 6. The van der Waals surface area contributed by atoms with Gasteiger partial charge in [0.05, 0.1) is 23.0 Å². The van der Waals surface area contributed by atoms with E-state index in [9.17, 15) is 14.9 Å². The van der Waals surface area contributed by atoms with E-state index in [-0.39, 0.29) is 23.2 Å². The van der Waals surface area contributed by atoms with Crippen molar-refractivity contribution >= 4 is 23.0 Å². The third-order valence-electron chi connectivity index (χ3n) is 5.22. The summed E-state index contributed by atoms with van der Waals surface area (Å²) in [5, 5.41) is 13.7. The van der Waals surface area contributed by atoms with Crippen LogP contribution in [0.1, 0.15) is 49.5 Å². The third kappa shape index (κ3) is 2.93. The quantitative estimate of drug-likeness (QED) is 0.460. The molecule has 4 rings (SSSR count). The largest absolute Gasteiger partial charge is 0.458 e. The maximum Gasteiger partial charge on any atom is 0.307 e. The van der Waals surface area contributed by atoms with Crippen molar-refractivity contribution in [2.45, 2.75) is 50.0 Å². The summed E-state index contributed by atoms with van der Waals surface area (Å²) < 4.78 is 5.77. The number of rotatable bonds is 3. The zero-order chi connectivity index (χ0) is 17.4. The fourth-order valence-corrected chi connectivity index (χ4v) is 4.97. The lowest BCUT2D eigenvalue weighted by atomic mass is 9.76. The van der Waals surface area contributed by atoms with Crippen molar-refractivity contribution in [1.82, 2.24) is 4.98 Å². The van der Waals surface area contributed by atoms with Gasteiger partial charge < -0.3 is 4.74 Å². The van der Waals surface area contributed by atoms with Crippen molar-refractivity contribution in [1.29, 1.82) is 0 Å². The fraction of sp³-hybridized carbons (Fsp3) is 0.444. The second-order valence-corrected chi connectivity index (χ2v) is 7.62. The number of ether oxygens (including phenoxy) is 1. The average Bonchev–Trinajstić information content (AvgIpc) is 3.21. The van der Waals surface area contributed by atoms with E-state index in [1.54, 1.807) is 23.5 Å². The first kappa shape index (κ1) is 16.2. The highest BCUT2D eigenvalue weighted by molar-refractivity contribution is 7.10. The number of carbonyl (C=O) groups excluding carboxylic acids is 1. The first-order valence-electron chi connectivity index (χ1n) is 8.49. The van der Waals surface area contributed by atoms with Gasteiger partial charge in [-0.05, 0) is 37.8 Å². The van der Waals surface area contributed by atoms with E-state index in [1.807, 2.05) is 5.38 Å². The molecular formula is C18H18N2O4S. The van der Waals surface area contributed by atoms with Crippen LogP contribution in [0, 0.1) is 10.1 Å². The Morgan fingerprint density at radius 2 is 1.92 bits per heavy atom. The Hall–Kier alpha value is -2.28. The summed E-state index contributed by atoms with van der Waals surface area (Å²) in [6.45, 7) is 0. The monoisotopic (exact) mass is 358 g/mol. The van der Waals surface area contributed by atoms with E-state index < -0.39 is 4.92 Å². The summed E-state index contributed by atoms with van der Waals surface area (Å²) in [5.41, 5.74) is 1.33. The van der Waals surface area contributed by atoms with Gasteiger partial charge in [-0.15, -0.1) is 11.3 Å². The van der Waals surface area contributed by atoms with E-state index in [0.29, 0.717) is 6.42 Å². The lowest BCUT2D eigenvalue weighted by Crippen LogP contribution is -2.36. The summed E-state index contributed by atoms with van der Waals surface area (Å²) in [6.07, 6.45) is 5.59. The fourth-order valence-electron chi connectivity index (χ4n) is 3.94. The van der Waals surface area contributed by atoms with Crippen LogP contribution in [-0.4, -0.2) is 21.5 Å². The van der Waals surface area contributed by atoms with E-state index in [0.717, 1.165) is 41.9 Å². The van der Waals surface area contributed by atoms with Crippen LogP contribution >= 0.6 is 11.3 Å². The smallest absolute Gasteiger partial charge is 0.307 e. The Morgan fingerprint density at radius 1 is 1.20 bits per heavy atom. The number of non-ortho nitro benzene ring substituents is 1. The number of benzene rings is 1. The summed E-state index contributed by atoms with van der Waals surface area (Å²) >= 11 is 1.54.